The highest BCUT2D eigenvalue weighted by Crippen LogP contribution is 2.31. The Bertz CT molecular complexity index is 743. The Balaban J connectivity index is 1.48. The third-order valence-electron chi connectivity index (χ3n) is 5.78. The van der Waals surface area contributed by atoms with Gasteiger partial charge in [-0.3, -0.25) is 14.4 Å². The molecule has 2 aliphatic heterocycles. The number of anilines is 1. The van der Waals surface area contributed by atoms with Gasteiger partial charge in [-0.15, -0.1) is 0 Å². The molecule has 7 nitrogen and oxygen atoms in total. The fraction of sp³-hybridized carbons (Fsp3) is 0.591. The molecule has 1 saturated heterocycles. The number of carbonyl (C=O) groups is 3. The number of hydrogen-bond donors (Lipinski definition) is 0. The Morgan fingerprint density at radius 3 is 2.66 bits per heavy atom. The molecule has 158 valence electrons. The third-order valence-corrected chi connectivity index (χ3v) is 5.78. The largest absolute Gasteiger partial charge is 0.482 e. The van der Waals surface area contributed by atoms with E-state index in [1.165, 1.54) is 0 Å². The van der Waals surface area contributed by atoms with E-state index < -0.39 is 0 Å². The van der Waals surface area contributed by atoms with Gasteiger partial charge in [0.2, 0.25) is 11.8 Å². The van der Waals surface area contributed by atoms with Crippen LogP contribution in [-0.2, 0) is 14.4 Å². The number of para-hydroxylation sites is 2. The van der Waals surface area contributed by atoms with Crippen LogP contribution >= 0.6 is 0 Å². The summed E-state index contributed by atoms with van der Waals surface area (Å²) < 4.78 is 5.44. The highest BCUT2D eigenvalue weighted by Gasteiger charge is 2.30. The van der Waals surface area contributed by atoms with Crippen molar-refractivity contribution in [2.75, 3.05) is 44.7 Å². The van der Waals surface area contributed by atoms with Crippen molar-refractivity contribution < 1.29 is 19.1 Å². The molecule has 0 aromatic heterocycles. The summed E-state index contributed by atoms with van der Waals surface area (Å²) in [4.78, 5) is 42.7. The van der Waals surface area contributed by atoms with E-state index in [1.807, 2.05) is 41.1 Å². The van der Waals surface area contributed by atoms with E-state index in [4.69, 9.17) is 4.74 Å². The number of amides is 3. The van der Waals surface area contributed by atoms with Crippen LogP contribution in [0.1, 0.15) is 39.0 Å². The highest BCUT2D eigenvalue weighted by atomic mass is 16.5. The summed E-state index contributed by atoms with van der Waals surface area (Å²) in [6.45, 7) is 4.46. The number of unbranched alkanes of at least 4 members (excludes halogenated alkanes) is 1. The average molecular weight is 402 g/mol. The van der Waals surface area contributed by atoms with Gasteiger partial charge < -0.3 is 19.4 Å². The third kappa shape index (κ3) is 5.08. The molecule has 2 aliphatic rings. The normalized spacial score (nSPS) is 17.0. The van der Waals surface area contributed by atoms with Crippen LogP contribution in [-0.4, -0.2) is 67.4 Å². The molecule has 0 bridgehead atoms. The van der Waals surface area contributed by atoms with Crippen molar-refractivity contribution in [1.29, 1.82) is 0 Å². The van der Waals surface area contributed by atoms with Gasteiger partial charge >= 0.3 is 0 Å². The van der Waals surface area contributed by atoms with Gasteiger partial charge in [-0.05, 0) is 31.4 Å². The Morgan fingerprint density at radius 1 is 1.21 bits per heavy atom. The number of fused-ring (bicyclic) bond motifs is 1. The summed E-state index contributed by atoms with van der Waals surface area (Å²) in [5, 5.41) is 0. The molecule has 1 aromatic carbocycles. The Kier molecular flexibility index (Phi) is 7.12. The lowest BCUT2D eigenvalue weighted by Gasteiger charge is -2.34. The summed E-state index contributed by atoms with van der Waals surface area (Å²) >= 11 is 0. The lowest BCUT2D eigenvalue weighted by atomic mass is 9.95. The van der Waals surface area contributed by atoms with Crippen LogP contribution < -0.4 is 9.64 Å². The minimum atomic E-state index is -0.129. The molecular weight excluding hydrogens is 370 g/mol. The molecule has 7 heteroatoms. The van der Waals surface area contributed by atoms with Crippen molar-refractivity contribution in [1.82, 2.24) is 9.80 Å². The van der Waals surface area contributed by atoms with E-state index in [2.05, 4.69) is 6.92 Å². The second kappa shape index (κ2) is 9.76. The number of nitrogens with zero attached hydrogens (tertiary/aromatic N) is 3. The van der Waals surface area contributed by atoms with Crippen LogP contribution in [0.15, 0.2) is 24.3 Å². The molecule has 1 aromatic rings. The van der Waals surface area contributed by atoms with Gasteiger partial charge in [-0.1, -0.05) is 25.5 Å². The van der Waals surface area contributed by atoms with E-state index in [1.54, 1.807) is 4.90 Å². The Morgan fingerprint density at radius 2 is 1.93 bits per heavy atom. The maximum absolute atomic E-state index is 12.7. The first-order valence-electron chi connectivity index (χ1n) is 10.6. The van der Waals surface area contributed by atoms with Crippen LogP contribution in [0.2, 0.25) is 0 Å². The molecule has 0 saturated carbocycles. The average Bonchev–Trinajstić information content (AvgIpc) is 2.76. The van der Waals surface area contributed by atoms with Gasteiger partial charge in [0.05, 0.1) is 5.69 Å². The Hall–Kier alpha value is -2.57. The molecule has 0 unspecified atom stereocenters. The first-order valence-corrected chi connectivity index (χ1v) is 10.6. The quantitative estimate of drug-likeness (QED) is 0.703. The summed E-state index contributed by atoms with van der Waals surface area (Å²) in [5.74, 6) is 0.781. The van der Waals surface area contributed by atoms with Gasteiger partial charge in [0, 0.05) is 45.6 Å². The predicted molar refractivity (Wildman–Crippen MR) is 111 cm³/mol. The SMILES string of the molecule is CCCCN(C)C(=O)C1CCN(C(=O)CCN2C(=O)COc3ccccc32)CC1. The number of rotatable bonds is 7. The molecule has 0 radical (unpaired) electrons. The summed E-state index contributed by atoms with van der Waals surface area (Å²) in [7, 11) is 1.87. The lowest BCUT2D eigenvalue weighted by molar-refractivity contribution is -0.139. The van der Waals surface area contributed by atoms with Crippen LogP contribution in [0.25, 0.3) is 0 Å². The second-order valence-corrected chi connectivity index (χ2v) is 7.82. The fourth-order valence-corrected chi connectivity index (χ4v) is 3.96. The second-order valence-electron chi connectivity index (χ2n) is 7.82. The number of carbonyl (C=O) groups excluding carboxylic acids is 3. The van der Waals surface area contributed by atoms with Crippen molar-refractivity contribution in [3.05, 3.63) is 24.3 Å². The smallest absolute Gasteiger partial charge is 0.265 e. The number of ether oxygens (including phenoxy) is 1. The van der Waals surface area contributed by atoms with Crippen LogP contribution in [0.4, 0.5) is 5.69 Å². The zero-order valence-electron chi connectivity index (χ0n) is 17.4. The topological polar surface area (TPSA) is 70.2 Å². The van der Waals surface area contributed by atoms with Gasteiger partial charge in [0.25, 0.3) is 5.91 Å². The van der Waals surface area contributed by atoms with E-state index in [-0.39, 0.29) is 36.7 Å². The number of hydrogen-bond acceptors (Lipinski definition) is 4. The Labute approximate surface area is 172 Å². The molecule has 0 N–H and O–H groups in total. The first kappa shape index (κ1) is 21.1. The summed E-state index contributed by atoms with van der Waals surface area (Å²) in [6.07, 6.45) is 3.78. The van der Waals surface area contributed by atoms with Crippen LogP contribution in [0, 0.1) is 5.92 Å². The van der Waals surface area contributed by atoms with E-state index in [9.17, 15) is 14.4 Å². The van der Waals surface area contributed by atoms with E-state index in [0.717, 1.165) is 25.1 Å². The summed E-state index contributed by atoms with van der Waals surface area (Å²) in [5.41, 5.74) is 0.718. The van der Waals surface area contributed by atoms with Gasteiger partial charge in [-0.2, -0.15) is 0 Å². The zero-order chi connectivity index (χ0) is 20.8. The molecule has 0 aliphatic carbocycles. The molecule has 3 amide bonds. The number of likely N-dealkylation sites (tertiary alicyclic amines) is 1. The molecule has 0 atom stereocenters. The summed E-state index contributed by atoms with van der Waals surface area (Å²) in [6, 6.07) is 7.39. The van der Waals surface area contributed by atoms with E-state index >= 15 is 0 Å². The van der Waals surface area contributed by atoms with Gasteiger partial charge in [-0.25, -0.2) is 0 Å². The van der Waals surface area contributed by atoms with Gasteiger partial charge in [0.15, 0.2) is 6.61 Å². The van der Waals surface area contributed by atoms with Crippen LogP contribution in [0.3, 0.4) is 0 Å². The molecule has 3 rings (SSSR count). The highest BCUT2D eigenvalue weighted by molar-refractivity contribution is 5.98. The van der Waals surface area contributed by atoms with Crippen molar-refractivity contribution in [2.24, 2.45) is 5.92 Å². The molecule has 29 heavy (non-hydrogen) atoms. The van der Waals surface area contributed by atoms with Crippen molar-refractivity contribution >= 4 is 23.4 Å². The fourth-order valence-electron chi connectivity index (χ4n) is 3.96. The molecule has 1 fully saturated rings. The zero-order valence-corrected chi connectivity index (χ0v) is 17.4. The molecular formula is C22H31N3O4. The lowest BCUT2D eigenvalue weighted by Crippen LogP contribution is -2.45. The molecule has 0 spiro atoms. The standard InChI is InChI=1S/C22H31N3O4/c1-3-4-12-23(2)22(28)17-9-13-24(14-10-17)20(26)11-15-25-18-7-5-6-8-19(18)29-16-21(25)27/h5-8,17H,3-4,9-16H2,1-2H3. The van der Waals surface area contributed by atoms with Crippen LogP contribution in [0.5, 0.6) is 5.75 Å². The predicted octanol–water partition coefficient (Wildman–Crippen LogP) is 2.30. The monoisotopic (exact) mass is 401 g/mol. The number of piperidine rings is 1. The first-order chi connectivity index (χ1) is 14.0. The van der Waals surface area contributed by atoms with Crippen molar-refractivity contribution in [2.45, 2.75) is 39.0 Å². The van der Waals surface area contributed by atoms with Crippen molar-refractivity contribution in [3.8, 4) is 5.75 Å². The maximum Gasteiger partial charge on any atom is 0.265 e. The van der Waals surface area contributed by atoms with Crippen molar-refractivity contribution in [3.63, 3.8) is 0 Å². The number of benzene rings is 1. The van der Waals surface area contributed by atoms with E-state index in [0.29, 0.717) is 38.2 Å². The maximum atomic E-state index is 12.7. The molecule has 2 heterocycles. The minimum absolute atomic E-state index is 0.00422. The van der Waals surface area contributed by atoms with Gasteiger partial charge in [0.1, 0.15) is 5.75 Å². The minimum Gasteiger partial charge on any atom is -0.482 e.